The van der Waals surface area contributed by atoms with E-state index in [-0.39, 0.29) is 11.3 Å². The van der Waals surface area contributed by atoms with Gasteiger partial charge < -0.3 is 16.4 Å². The van der Waals surface area contributed by atoms with Crippen LogP contribution in [0.5, 0.6) is 0 Å². The Labute approximate surface area is 121 Å². The lowest BCUT2D eigenvalue weighted by atomic mass is 10.1. The van der Waals surface area contributed by atoms with Crippen LogP contribution in [0.2, 0.25) is 0 Å². The van der Waals surface area contributed by atoms with E-state index in [0.29, 0.717) is 6.54 Å². The minimum Gasteiger partial charge on any atom is -0.384 e. The van der Waals surface area contributed by atoms with E-state index in [9.17, 15) is 9.18 Å². The van der Waals surface area contributed by atoms with Crippen LogP contribution in [0.4, 0.5) is 14.9 Å². The molecule has 0 aromatic heterocycles. The molecule has 5 nitrogen and oxygen atoms in total. The number of hydrogen-bond donors (Lipinski definition) is 4. The van der Waals surface area contributed by atoms with Gasteiger partial charge in [0.25, 0.3) is 0 Å². The standard InChI is InChI=1S/C15H15FN4O/c16-11-7-4-8-12(13(11)14(17)18)20-15(21)19-9-10-5-2-1-3-6-10/h1-8H,9H2,(H3,17,18)(H2,19,20,21). The first-order valence-corrected chi connectivity index (χ1v) is 6.29. The number of nitrogens with one attached hydrogen (secondary N) is 3. The van der Waals surface area contributed by atoms with Crippen molar-refractivity contribution in [2.75, 3.05) is 5.32 Å². The average Bonchev–Trinajstić information content (AvgIpc) is 2.46. The van der Waals surface area contributed by atoms with Crippen molar-refractivity contribution in [3.8, 4) is 0 Å². The van der Waals surface area contributed by atoms with Gasteiger partial charge in [0.15, 0.2) is 0 Å². The van der Waals surface area contributed by atoms with Gasteiger partial charge in [-0.3, -0.25) is 5.41 Å². The van der Waals surface area contributed by atoms with E-state index in [1.54, 1.807) is 0 Å². The molecule has 2 aromatic carbocycles. The smallest absolute Gasteiger partial charge is 0.319 e. The van der Waals surface area contributed by atoms with Crippen LogP contribution in [0.3, 0.4) is 0 Å². The quantitative estimate of drug-likeness (QED) is 0.513. The maximum Gasteiger partial charge on any atom is 0.319 e. The number of carbonyl (C=O) groups excluding carboxylic acids is 1. The number of benzene rings is 2. The summed E-state index contributed by atoms with van der Waals surface area (Å²) in [6.45, 7) is 0.345. The zero-order valence-electron chi connectivity index (χ0n) is 11.2. The first-order valence-electron chi connectivity index (χ1n) is 6.29. The molecule has 2 amide bonds. The number of carbonyl (C=O) groups is 1. The third-order valence-corrected chi connectivity index (χ3v) is 2.83. The van der Waals surface area contributed by atoms with E-state index >= 15 is 0 Å². The van der Waals surface area contributed by atoms with Gasteiger partial charge >= 0.3 is 6.03 Å². The van der Waals surface area contributed by atoms with Gasteiger partial charge in [0.1, 0.15) is 11.7 Å². The third-order valence-electron chi connectivity index (χ3n) is 2.83. The molecule has 0 saturated heterocycles. The van der Waals surface area contributed by atoms with Crippen LogP contribution in [0, 0.1) is 11.2 Å². The van der Waals surface area contributed by atoms with Crippen molar-refractivity contribution in [1.82, 2.24) is 5.32 Å². The molecule has 2 rings (SSSR count). The highest BCUT2D eigenvalue weighted by molar-refractivity contribution is 6.04. The molecule has 2 aromatic rings. The summed E-state index contributed by atoms with van der Waals surface area (Å²) in [6.07, 6.45) is 0. The Morgan fingerprint density at radius 2 is 1.86 bits per heavy atom. The van der Waals surface area contributed by atoms with Crippen molar-refractivity contribution in [3.63, 3.8) is 0 Å². The number of anilines is 1. The van der Waals surface area contributed by atoms with Crippen molar-refractivity contribution in [3.05, 3.63) is 65.5 Å². The van der Waals surface area contributed by atoms with Gasteiger partial charge in [-0.05, 0) is 17.7 Å². The monoisotopic (exact) mass is 286 g/mol. The number of rotatable bonds is 4. The molecule has 108 valence electrons. The minimum absolute atomic E-state index is 0.118. The van der Waals surface area contributed by atoms with Crippen molar-refractivity contribution in [2.45, 2.75) is 6.54 Å². The van der Waals surface area contributed by atoms with Crippen LogP contribution in [0.25, 0.3) is 0 Å². The molecule has 0 fully saturated rings. The fourth-order valence-electron chi connectivity index (χ4n) is 1.85. The van der Waals surface area contributed by atoms with E-state index in [0.717, 1.165) is 5.56 Å². The third kappa shape index (κ3) is 3.79. The summed E-state index contributed by atoms with van der Waals surface area (Å²) in [5.74, 6) is -1.09. The first kappa shape index (κ1) is 14.5. The molecule has 0 heterocycles. The van der Waals surface area contributed by atoms with E-state index in [2.05, 4.69) is 10.6 Å². The number of hydrogen-bond acceptors (Lipinski definition) is 2. The van der Waals surface area contributed by atoms with Crippen molar-refractivity contribution in [2.24, 2.45) is 5.73 Å². The Kier molecular flexibility index (Phi) is 4.50. The normalized spacial score (nSPS) is 9.95. The molecule has 0 radical (unpaired) electrons. The second-order valence-electron chi connectivity index (χ2n) is 4.37. The molecule has 6 heteroatoms. The van der Waals surface area contributed by atoms with Gasteiger partial charge in [0, 0.05) is 6.54 Å². The largest absolute Gasteiger partial charge is 0.384 e. The Morgan fingerprint density at radius 1 is 1.14 bits per heavy atom. The van der Waals surface area contributed by atoms with E-state index in [1.807, 2.05) is 30.3 Å². The number of amides is 2. The number of urea groups is 1. The average molecular weight is 286 g/mol. The fraction of sp³-hybridized carbons (Fsp3) is 0.0667. The molecule has 0 unspecified atom stereocenters. The molecule has 0 saturated carbocycles. The molecular weight excluding hydrogens is 271 g/mol. The fourth-order valence-corrected chi connectivity index (χ4v) is 1.85. The summed E-state index contributed by atoms with van der Waals surface area (Å²) in [7, 11) is 0. The van der Waals surface area contributed by atoms with Gasteiger partial charge in [-0.15, -0.1) is 0 Å². The predicted octanol–water partition coefficient (Wildman–Crippen LogP) is 2.43. The van der Waals surface area contributed by atoms with Crippen LogP contribution in [-0.4, -0.2) is 11.9 Å². The summed E-state index contributed by atoms with van der Waals surface area (Å²) in [5.41, 5.74) is 6.31. The van der Waals surface area contributed by atoms with Crippen molar-refractivity contribution in [1.29, 1.82) is 5.41 Å². The highest BCUT2D eigenvalue weighted by atomic mass is 19.1. The molecule has 0 atom stereocenters. The van der Waals surface area contributed by atoms with Crippen molar-refractivity contribution >= 4 is 17.6 Å². The second kappa shape index (κ2) is 6.51. The topological polar surface area (TPSA) is 91.0 Å². The molecule has 0 aliphatic heterocycles. The number of amidine groups is 1. The SMILES string of the molecule is N=C(N)c1c(F)cccc1NC(=O)NCc1ccccc1. The van der Waals surface area contributed by atoms with E-state index in [4.69, 9.17) is 11.1 Å². The molecule has 0 bridgehead atoms. The summed E-state index contributed by atoms with van der Waals surface area (Å²) in [6, 6.07) is 13.0. The summed E-state index contributed by atoms with van der Waals surface area (Å²) >= 11 is 0. The highest BCUT2D eigenvalue weighted by Gasteiger charge is 2.13. The minimum atomic E-state index is -0.650. The maximum atomic E-state index is 13.6. The predicted molar refractivity (Wildman–Crippen MR) is 79.7 cm³/mol. The van der Waals surface area contributed by atoms with E-state index in [1.165, 1.54) is 18.2 Å². The zero-order valence-corrected chi connectivity index (χ0v) is 11.2. The van der Waals surface area contributed by atoms with Gasteiger partial charge in [-0.25, -0.2) is 9.18 Å². The number of halogens is 1. The second-order valence-corrected chi connectivity index (χ2v) is 4.37. The molecule has 0 aliphatic carbocycles. The van der Waals surface area contributed by atoms with Crippen LogP contribution < -0.4 is 16.4 Å². The first-order chi connectivity index (χ1) is 10.1. The lowest BCUT2D eigenvalue weighted by Crippen LogP contribution is -2.29. The summed E-state index contributed by atoms with van der Waals surface area (Å²) in [4.78, 5) is 11.8. The lowest BCUT2D eigenvalue weighted by molar-refractivity contribution is 0.251. The Balaban J connectivity index is 2.03. The Hall–Kier alpha value is -2.89. The van der Waals surface area contributed by atoms with Gasteiger partial charge in [0.05, 0.1) is 11.3 Å². The van der Waals surface area contributed by atoms with Crippen LogP contribution in [0.15, 0.2) is 48.5 Å². The number of nitrogens with two attached hydrogens (primary N) is 1. The maximum absolute atomic E-state index is 13.6. The van der Waals surface area contributed by atoms with Crippen LogP contribution >= 0.6 is 0 Å². The van der Waals surface area contributed by atoms with Crippen LogP contribution in [-0.2, 0) is 6.54 Å². The van der Waals surface area contributed by atoms with E-state index < -0.39 is 17.7 Å². The summed E-state index contributed by atoms with van der Waals surface area (Å²) < 4.78 is 13.6. The van der Waals surface area contributed by atoms with Gasteiger partial charge in [-0.1, -0.05) is 36.4 Å². The lowest BCUT2D eigenvalue weighted by Gasteiger charge is -2.11. The Morgan fingerprint density at radius 3 is 2.52 bits per heavy atom. The van der Waals surface area contributed by atoms with Crippen molar-refractivity contribution < 1.29 is 9.18 Å². The molecule has 21 heavy (non-hydrogen) atoms. The van der Waals surface area contributed by atoms with Gasteiger partial charge in [0.2, 0.25) is 0 Å². The zero-order chi connectivity index (χ0) is 15.2. The highest BCUT2D eigenvalue weighted by Crippen LogP contribution is 2.18. The van der Waals surface area contributed by atoms with Crippen LogP contribution in [0.1, 0.15) is 11.1 Å². The molecule has 0 spiro atoms. The Bertz CT molecular complexity index is 658. The van der Waals surface area contributed by atoms with Gasteiger partial charge in [-0.2, -0.15) is 0 Å². The molecular formula is C15H15FN4O. The molecule has 5 N–H and O–H groups in total. The summed E-state index contributed by atoms with van der Waals surface area (Å²) in [5, 5.41) is 12.5. The number of nitrogen functional groups attached to an aromatic ring is 1. The molecule has 0 aliphatic rings.